The zero-order chi connectivity index (χ0) is 13.1. The fourth-order valence-corrected chi connectivity index (χ4v) is 1.62. The third-order valence-corrected chi connectivity index (χ3v) is 2.56. The number of carbonyl (C=O) groups excluding carboxylic acids is 1. The number of pyridine rings is 2. The van der Waals surface area contributed by atoms with Gasteiger partial charge in [0.05, 0.1) is 23.1 Å². The van der Waals surface area contributed by atoms with E-state index in [4.69, 9.17) is 11.6 Å². The molecule has 0 aliphatic heterocycles. The van der Waals surface area contributed by atoms with Crippen LogP contribution in [0.4, 0.5) is 5.69 Å². The monoisotopic (exact) mass is 263 g/mol. The summed E-state index contributed by atoms with van der Waals surface area (Å²) in [6.45, 7) is 1.73. The zero-order valence-electron chi connectivity index (χ0n) is 9.51. The van der Waals surface area contributed by atoms with E-state index in [1.807, 2.05) is 0 Å². The molecule has 0 aliphatic rings. The second-order valence-corrected chi connectivity index (χ2v) is 4.00. The van der Waals surface area contributed by atoms with Crippen molar-refractivity contribution in [1.29, 1.82) is 0 Å². The van der Waals surface area contributed by atoms with Gasteiger partial charge in [0.1, 0.15) is 10.9 Å². The van der Waals surface area contributed by atoms with Gasteiger partial charge in [0.15, 0.2) is 0 Å². The summed E-state index contributed by atoms with van der Waals surface area (Å²) in [5, 5.41) is 12.5. The number of carbonyl (C=O) groups is 1. The topological polar surface area (TPSA) is 75.1 Å². The van der Waals surface area contributed by atoms with Crippen molar-refractivity contribution in [3.8, 4) is 5.75 Å². The van der Waals surface area contributed by atoms with Gasteiger partial charge in [-0.05, 0) is 25.1 Å². The first kappa shape index (κ1) is 12.3. The average Bonchev–Trinajstić information content (AvgIpc) is 2.33. The minimum atomic E-state index is -0.429. The highest BCUT2D eigenvalue weighted by molar-refractivity contribution is 6.29. The van der Waals surface area contributed by atoms with Crippen molar-refractivity contribution in [2.45, 2.75) is 6.92 Å². The van der Waals surface area contributed by atoms with Crippen molar-refractivity contribution in [1.82, 2.24) is 9.97 Å². The van der Waals surface area contributed by atoms with E-state index < -0.39 is 5.91 Å². The Hall–Kier alpha value is -2.14. The summed E-state index contributed by atoms with van der Waals surface area (Å²) in [5.41, 5.74) is 1.30. The SMILES string of the molecule is Cc1nc(Cl)ccc1NC(=O)c1ccncc1O. The van der Waals surface area contributed by atoms with Gasteiger partial charge in [0.25, 0.3) is 5.91 Å². The molecule has 2 rings (SSSR count). The summed E-state index contributed by atoms with van der Waals surface area (Å²) in [4.78, 5) is 19.6. The third-order valence-electron chi connectivity index (χ3n) is 2.34. The second-order valence-electron chi connectivity index (χ2n) is 3.61. The maximum atomic E-state index is 11.9. The second kappa shape index (κ2) is 5.01. The van der Waals surface area contributed by atoms with Crippen LogP contribution in [0.3, 0.4) is 0 Å². The Balaban J connectivity index is 2.24. The molecule has 92 valence electrons. The smallest absolute Gasteiger partial charge is 0.259 e. The fourth-order valence-electron chi connectivity index (χ4n) is 1.43. The first-order valence-electron chi connectivity index (χ1n) is 5.15. The highest BCUT2D eigenvalue weighted by Gasteiger charge is 2.12. The van der Waals surface area contributed by atoms with Crippen LogP contribution in [-0.4, -0.2) is 21.0 Å². The van der Waals surface area contributed by atoms with E-state index in [9.17, 15) is 9.90 Å². The first-order chi connectivity index (χ1) is 8.58. The van der Waals surface area contributed by atoms with E-state index in [0.29, 0.717) is 16.5 Å². The number of amides is 1. The van der Waals surface area contributed by atoms with E-state index >= 15 is 0 Å². The zero-order valence-corrected chi connectivity index (χ0v) is 10.3. The minimum absolute atomic E-state index is 0.152. The molecule has 2 N–H and O–H groups in total. The number of halogens is 1. The van der Waals surface area contributed by atoms with E-state index in [2.05, 4.69) is 15.3 Å². The Morgan fingerprint density at radius 2 is 2.17 bits per heavy atom. The molecule has 18 heavy (non-hydrogen) atoms. The lowest BCUT2D eigenvalue weighted by Gasteiger charge is -2.08. The number of nitrogens with zero attached hydrogens (tertiary/aromatic N) is 2. The maximum Gasteiger partial charge on any atom is 0.259 e. The van der Waals surface area contributed by atoms with Crippen LogP contribution in [0.1, 0.15) is 16.1 Å². The van der Waals surface area contributed by atoms with Gasteiger partial charge in [-0.25, -0.2) is 4.98 Å². The molecule has 0 fully saturated rings. The molecule has 0 saturated heterocycles. The lowest BCUT2D eigenvalue weighted by molar-refractivity contribution is 0.102. The fraction of sp³-hybridized carbons (Fsp3) is 0.0833. The molecule has 0 aliphatic carbocycles. The van der Waals surface area contributed by atoms with E-state index in [0.717, 1.165) is 0 Å². The lowest BCUT2D eigenvalue weighted by atomic mass is 10.2. The number of nitrogens with one attached hydrogen (secondary N) is 1. The maximum absolute atomic E-state index is 11.9. The van der Waals surface area contributed by atoms with Gasteiger partial charge in [-0.15, -0.1) is 0 Å². The quantitative estimate of drug-likeness (QED) is 0.816. The van der Waals surface area contributed by atoms with Crippen LogP contribution >= 0.6 is 11.6 Å². The summed E-state index contributed by atoms with van der Waals surface area (Å²) in [6, 6.07) is 4.67. The first-order valence-corrected chi connectivity index (χ1v) is 5.53. The van der Waals surface area contributed by atoms with Crippen molar-refractivity contribution >= 4 is 23.2 Å². The Labute approximate surface area is 108 Å². The van der Waals surface area contributed by atoms with Crippen LogP contribution in [0.25, 0.3) is 0 Å². The molecule has 6 heteroatoms. The van der Waals surface area contributed by atoms with E-state index in [1.54, 1.807) is 19.1 Å². The van der Waals surface area contributed by atoms with Gasteiger partial charge in [-0.2, -0.15) is 0 Å². The summed E-state index contributed by atoms with van der Waals surface area (Å²) in [5.74, 6) is -0.600. The minimum Gasteiger partial charge on any atom is -0.505 e. The molecule has 2 aromatic heterocycles. The number of aryl methyl sites for hydroxylation is 1. The van der Waals surface area contributed by atoms with Crippen LogP contribution in [-0.2, 0) is 0 Å². The van der Waals surface area contributed by atoms with Gasteiger partial charge >= 0.3 is 0 Å². The van der Waals surface area contributed by atoms with Gasteiger partial charge in [0, 0.05) is 6.20 Å². The van der Waals surface area contributed by atoms with Crippen molar-refractivity contribution in [2.24, 2.45) is 0 Å². The van der Waals surface area contributed by atoms with Gasteiger partial charge in [-0.1, -0.05) is 11.6 Å². The molecule has 0 aromatic carbocycles. The Morgan fingerprint density at radius 3 is 2.83 bits per heavy atom. The number of rotatable bonds is 2. The van der Waals surface area contributed by atoms with Crippen molar-refractivity contribution in [3.05, 3.63) is 47.0 Å². The van der Waals surface area contributed by atoms with E-state index in [-0.39, 0.29) is 11.3 Å². The number of aromatic hydroxyl groups is 1. The molecule has 5 nitrogen and oxygen atoms in total. The summed E-state index contributed by atoms with van der Waals surface area (Å²) in [7, 11) is 0. The van der Waals surface area contributed by atoms with Crippen LogP contribution in [0, 0.1) is 6.92 Å². The molecule has 0 spiro atoms. The molecule has 2 heterocycles. The molecule has 2 aromatic rings. The molecular weight excluding hydrogens is 254 g/mol. The molecule has 0 bridgehead atoms. The molecule has 1 amide bonds. The highest BCUT2D eigenvalue weighted by Crippen LogP contribution is 2.19. The van der Waals surface area contributed by atoms with Crippen molar-refractivity contribution < 1.29 is 9.90 Å². The summed E-state index contributed by atoms with van der Waals surface area (Å²) in [6.07, 6.45) is 2.64. The number of aromatic nitrogens is 2. The van der Waals surface area contributed by atoms with Crippen molar-refractivity contribution in [2.75, 3.05) is 5.32 Å². The predicted octanol–water partition coefficient (Wildman–Crippen LogP) is 2.40. The van der Waals surface area contributed by atoms with Crippen LogP contribution in [0.15, 0.2) is 30.6 Å². The standard InChI is InChI=1S/C12H10ClN3O2/c1-7-9(2-3-11(13)15-7)16-12(18)8-4-5-14-6-10(8)17/h2-6,17H,1H3,(H,16,18). The van der Waals surface area contributed by atoms with E-state index in [1.165, 1.54) is 18.5 Å². The Morgan fingerprint density at radius 1 is 1.39 bits per heavy atom. The number of hydrogen-bond donors (Lipinski definition) is 2. The lowest BCUT2D eigenvalue weighted by Crippen LogP contribution is -2.13. The summed E-state index contributed by atoms with van der Waals surface area (Å²) < 4.78 is 0. The molecule has 0 radical (unpaired) electrons. The highest BCUT2D eigenvalue weighted by atomic mass is 35.5. The summed E-state index contributed by atoms with van der Waals surface area (Å²) >= 11 is 5.72. The third kappa shape index (κ3) is 2.57. The molecule has 0 unspecified atom stereocenters. The molecule has 0 saturated carbocycles. The van der Waals surface area contributed by atoms with Crippen molar-refractivity contribution in [3.63, 3.8) is 0 Å². The Kier molecular flexibility index (Phi) is 3.43. The molecule has 0 atom stereocenters. The Bertz CT molecular complexity index is 602. The average molecular weight is 264 g/mol. The van der Waals surface area contributed by atoms with Gasteiger partial charge < -0.3 is 10.4 Å². The molecular formula is C12H10ClN3O2. The van der Waals surface area contributed by atoms with Gasteiger partial charge in [-0.3, -0.25) is 9.78 Å². The number of anilines is 1. The van der Waals surface area contributed by atoms with Gasteiger partial charge in [0.2, 0.25) is 0 Å². The van der Waals surface area contributed by atoms with Crippen LogP contribution in [0.2, 0.25) is 5.15 Å². The van der Waals surface area contributed by atoms with Crippen LogP contribution in [0.5, 0.6) is 5.75 Å². The number of hydrogen-bond acceptors (Lipinski definition) is 4. The van der Waals surface area contributed by atoms with Crippen LogP contribution < -0.4 is 5.32 Å². The largest absolute Gasteiger partial charge is 0.505 e. The predicted molar refractivity (Wildman–Crippen MR) is 67.8 cm³/mol. The normalized spacial score (nSPS) is 10.1.